The molecule has 0 bridgehead atoms. The van der Waals surface area contributed by atoms with Crippen molar-refractivity contribution in [3.63, 3.8) is 0 Å². The van der Waals surface area contributed by atoms with Gasteiger partial charge in [0.05, 0.1) is 11.7 Å². The first-order valence-electron chi connectivity index (χ1n) is 6.39. The maximum Gasteiger partial charge on any atom is 0.0527 e. The number of nitrogens with zero attached hydrogens (tertiary/aromatic N) is 3. The summed E-state index contributed by atoms with van der Waals surface area (Å²) < 4.78 is 2.26. The highest BCUT2D eigenvalue weighted by Gasteiger charge is 2.22. The molecular formula is C12H20N4. The Morgan fingerprint density at radius 3 is 2.81 bits per heavy atom. The normalized spacial score (nSPS) is 23.2. The average molecular weight is 220 g/mol. The van der Waals surface area contributed by atoms with E-state index in [9.17, 15) is 0 Å². The van der Waals surface area contributed by atoms with Crippen LogP contribution in [0.2, 0.25) is 0 Å². The Morgan fingerprint density at radius 1 is 1.31 bits per heavy atom. The molecule has 3 rings (SSSR count). The minimum Gasteiger partial charge on any atom is -0.314 e. The van der Waals surface area contributed by atoms with Gasteiger partial charge < -0.3 is 5.32 Å². The summed E-state index contributed by atoms with van der Waals surface area (Å²) in [6.07, 6.45) is 5.96. The van der Waals surface area contributed by atoms with Gasteiger partial charge in [-0.1, -0.05) is 0 Å². The summed E-state index contributed by atoms with van der Waals surface area (Å²) >= 11 is 0. The first-order chi connectivity index (χ1) is 7.93. The van der Waals surface area contributed by atoms with Gasteiger partial charge in [0.25, 0.3) is 0 Å². The molecule has 1 aliphatic heterocycles. The van der Waals surface area contributed by atoms with Crippen LogP contribution in [0.1, 0.15) is 31.0 Å². The number of rotatable bonds is 3. The van der Waals surface area contributed by atoms with Crippen molar-refractivity contribution in [3.05, 3.63) is 18.0 Å². The summed E-state index contributed by atoms with van der Waals surface area (Å²) in [7, 11) is 0. The summed E-state index contributed by atoms with van der Waals surface area (Å²) in [6, 6.07) is 2.87. The molecule has 1 saturated carbocycles. The molecule has 0 amide bonds. The van der Waals surface area contributed by atoms with Crippen molar-refractivity contribution in [1.29, 1.82) is 0 Å². The zero-order valence-corrected chi connectivity index (χ0v) is 9.73. The Bertz CT molecular complexity index is 337. The van der Waals surface area contributed by atoms with Crippen LogP contribution >= 0.6 is 0 Å². The fraction of sp³-hybridized carbons (Fsp3) is 0.750. The highest BCUT2D eigenvalue weighted by atomic mass is 15.3. The van der Waals surface area contributed by atoms with Gasteiger partial charge in [-0.15, -0.1) is 0 Å². The smallest absolute Gasteiger partial charge is 0.0527 e. The van der Waals surface area contributed by atoms with Crippen LogP contribution < -0.4 is 5.32 Å². The minimum absolute atomic E-state index is 0.688. The summed E-state index contributed by atoms with van der Waals surface area (Å²) in [5, 5.41) is 7.87. The van der Waals surface area contributed by atoms with Gasteiger partial charge in [-0.25, -0.2) is 0 Å². The van der Waals surface area contributed by atoms with Crippen molar-refractivity contribution >= 4 is 0 Å². The zero-order chi connectivity index (χ0) is 10.8. The van der Waals surface area contributed by atoms with Gasteiger partial charge in [0.1, 0.15) is 0 Å². The molecule has 4 heteroatoms. The third kappa shape index (κ3) is 1.99. The molecule has 88 valence electrons. The average Bonchev–Trinajstić information content (AvgIpc) is 2.66. The molecule has 4 nitrogen and oxygen atoms in total. The molecule has 0 spiro atoms. The van der Waals surface area contributed by atoms with E-state index in [2.05, 4.69) is 26.1 Å². The SMILES string of the molecule is c1cc(CN2CCNCC2)n(C2CCC2)n1. The van der Waals surface area contributed by atoms with Gasteiger partial charge in [-0.05, 0) is 25.3 Å². The Morgan fingerprint density at radius 2 is 2.12 bits per heavy atom. The standard InChI is InChI=1S/C12H20N4/c1-2-11(3-1)16-12(4-5-14-16)10-15-8-6-13-7-9-15/h4-5,11,13H,1-3,6-10H2. The van der Waals surface area contributed by atoms with E-state index in [1.807, 2.05) is 6.20 Å². The van der Waals surface area contributed by atoms with Crippen molar-refractivity contribution in [1.82, 2.24) is 20.0 Å². The number of hydrogen-bond donors (Lipinski definition) is 1. The monoisotopic (exact) mass is 220 g/mol. The summed E-state index contributed by atoms with van der Waals surface area (Å²) in [4.78, 5) is 2.52. The van der Waals surface area contributed by atoms with Gasteiger partial charge in [-0.2, -0.15) is 5.10 Å². The van der Waals surface area contributed by atoms with Gasteiger partial charge in [0.2, 0.25) is 0 Å². The lowest BCUT2D eigenvalue weighted by atomic mass is 9.93. The van der Waals surface area contributed by atoms with Crippen LogP contribution in [0, 0.1) is 0 Å². The van der Waals surface area contributed by atoms with Crippen molar-refractivity contribution < 1.29 is 0 Å². The van der Waals surface area contributed by atoms with Gasteiger partial charge in [0, 0.05) is 38.9 Å². The summed E-state index contributed by atoms with van der Waals surface area (Å²) in [5.74, 6) is 0. The topological polar surface area (TPSA) is 33.1 Å². The van der Waals surface area contributed by atoms with Crippen molar-refractivity contribution in [2.45, 2.75) is 31.8 Å². The molecule has 1 saturated heterocycles. The maximum absolute atomic E-state index is 4.48. The molecule has 2 fully saturated rings. The number of hydrogen-bond acceptors (Lipinski definition) is 3. The molecule has 2 heterocycles. The van der Waals surface area contributed by atoms with E-state index >= 15 is 0 Å². The molecule has 1 aromatic rings. The fourth-order valence-electron chi connectivity index (χ4n) is 2.53. The number of piperazine rings is 1. The van der Waals surface area contributed by atoms with Crippen LogP contribution in [0.25, 0.3) is 0 Å². The molecule has 1 N–H and O–H groups in total. The molecule has 0 radical (unpaired) electrons. The summed E-state index contributed by atoms with van der Waals surface area (Å²) in [6.45, 7) is 5.64. The fourth-order valence-corrected chi connectivity index (χ4v) is 2.53. The Labute approximate surface area is 96.6 Å². The lowest BCUT2D eigenvalue weighted by Gasteiger charge is -2.31. The second-order valence-corrected chi connectivity index (χ2v) is 4.88. The largest absolute Gasteiger partial charge is 0.314 e. The number of aromatic nitrogens is 2. The van der Waals surface area contributed by atoms with E-state index in [0.29, 0.717) is 6.04 Å². The van der Waals surface area contributed by atoms with E-state index in [0.717, 1.165) is 32.7 Å². The molecular weight excluding hydrogens is 200 g/mol. The van der Waals surface area contributed by atoms with Gasteiger partial charge in [-0.3, -0.25) is 9.58 Å². The van der Waals surface area contributed by atoms with Crippen molar-refractivity contribution in [3.8, 4) is 0 Å². The lowest BCUT2D eigenvalue weighted by Crippen LogP contribution is -2.43. The van der Waals surface area contributed by atoms with Crippen LogP contribution in [0.15, 0.2) is 12.3 Å². The zero-order valence-electron chi connectivity index (χ0n) is 9.73. The molecule has 16 heavy (non-hydrogen) atoms. The Balaban J connectivity index is 1.66. The Hall–Kier alpha value is -0.870. The summed E-state index contributed by atoms with van der Waals surface area (Å²) in [5.41, 5.74) is 1.40. The van der Waals surface area contributed by atoms with E-state index in [1.54, 1.807) is 0 Å². The predicted molar refractivity (Wildman–Crippen MR) is 63.3 cm³/mol. The Kier molecular flexibility index (Phi) is 2.93. The van der Waals surface area contributed by atoms with Crippen molar-refractivity contribution in [2.24, 2.45) is 0 Å². The van der Waals surface area contributed by atoms with Gasteiger partial charge in [0.15, 0.2) is 0 Å². The third-order valence-corrected chi connectivity index (χ3v) is 3.77. The second kappa shape index (κ2) is 4.55. The van der Waals surface area contributed by atoms with Crippen LogP contribution in [-0.4, -0.2) is 40.9 Å². The van der Waals surface area contributed by atoms with E-state index in [-0.39, 0.29) is 0 Å². The van der Waals surface area contributed by atoms with Gasteiger partial charge >= 0.3 is 0 Å². The molecule has 0 unspecified atom stereocenters. The maximum atomic E-state index is 4.48. The molecule has 0 aromatic carbocycles. The molecule has 0 atom stereocenters. The first-order valence-corrected chi connectivity index (χ1v) is 6.39. The van der Waals surface area contributed by atoms with E-state index in [4.69, 9.17) is 0 Å². The quantitative estimate of drug-likeness (QED) is 0.825. The third-order valence-electron chi connectivity index (χ3n) is 3.77. The van der Waals surface area contributed by atoms with Crippen LogP contribution in [-0.2, 0) is 6.54 Å². The lowest BCUT2D eigenvalue weighted by molar-refractivity contribution is 0.213. The number of nitrogens with one attached hydrogen (secondary N) is 1. The van der Waals surface area contributed by atoms with E-state index in [1.165, 1.54) is 25.0 Å². The van der Waals surface area contributed by atoms with Crippen LogP contribution in [0.4, 0.5) is 0 Å². The molecule has 1 aromatic heterocycles. The second-order valence-electron chi connectivity index (χ2n) is 4.88. The molecule has 1 aliphatic carbocycles. The highest BCUT2D eigenvalue weighted by Crippen LogP contribution is 2.31. The minimum atomic E-state index is 0.688. The van der Waals surface area contributed by atoms with Crippen LogP contribution in [0.5, 0.6) is 0 Å². The van der Waals surface area contributed by atoms with Crippen molar-refractivity contribution in [2.75, 3.05) is 26.2 Å². The predicted octanol–water partition coefficient (Wildman–Crippen LogP) is 1.01. The van der Waals surface area contributed by atoms with E-state index < -0.39 is 0 Å². The van der Waals surface area contributed by atoms with Crippen LogP contribution in [0.3, 0.4) is 0 Å². The first kappa shape index (κ1) is 10.3. The highest BCUT2D eigenvalue weighted by molar-refractivity contribution is 5.03. The molecule has 2 aliphatic rings.